The third kappa shape index (κ3) is 3.85. The Morgan fingerprint density at radius 3 is 2.72 bits per heavy atom. The van der Waals surface area contributed by atoms with Crippen molar-refractivity contribution in [2.24, 2.45) is 11.7 Å². The Morgan fingerprint density at radius 1 is 1.32 bits per heavy atom. The highest BCUT2D eigenvalue weighted by Crippen LogP contribution is 2.24. The van der Waals surface area contributed by atoms with Crippen molar-refractivity contribution in [3.63, 3.8) is 0 Å². The van der Waals surface area contributed by atoms with Crippen molar-refractivity contribution >= 4 is 11.6 Å². The van der Waals surface area contributed by atoms with E-state index in [1.807, 2.05) is 0 Å². The smallest absolute Gasteiger partial charge is 0.269 e. The van der Waals surface area contributed by atoms with Crippen LogP contribution in [-0.2, 0) is 0 Å². The Labute approximate surface area is 145 Å². The number of non-ortho nitro benzene ring substituents is 1. The van der Waals surface area contributed by atoms with Gasteiger partial charge in [-0.05, 0) is 37.4 Å². The van der Waals surface area contributed by atoms with Crippen molar-refractivity contribution in [2.75, 3.05) is 6.54 Å². The van der Waals surface area contributed by atoms with Gasteiger partial charge < -0.3 is 11.1 Å². The third-order valence-corrected chi connectivity index (χ3v) is 4.70. The predicted molar refractivity (Wildman–Crippen MR) is 92.5 cm³/mol. The highest BCUT2D eigenvalue weighted by atomic mass is 16.6. The van der Waals surface area contributed by atoms with Gasteiger partial charge in [0, 0.05) is 24.4 Å². The second-order valence-corrected chi connectivity index (χ2v) is 6.31. The molecule has 8 heteroatoms. The molecule has 1 aliphatic rings. The Morgan fingerprint density at radius 2 is 2.04 bits per heavy atom. The lowest BCUT2D eigenvalue weighted by Gasteiger charge is -2.31. The summed E-state index contributed by atoms with van der Waals surface area (Å²) in [5.74, 6) is 0.154. The van der Waals surface area contributed by atoms with Crippen LogP contribution in [0.5, 0.6) is 0 Å². The molecular weight excluding hydrogens is 322 g/mol. The second kappa shape index (κ2) is 7.43. The SMILES string of the molecule is NCC1CCCCC1NC(=O)c1cnn(-c2ccc([N+](=O)[O-])cc2)c1. The average molecular weight is 343 g/mol. The summed E-state index contributed by atoms with van der Waals surface area (Å²) in [7, 11) is 0. The van der Waals surface area contributed by atoms with Crippen LogP contribution >= 0.6 is 0 Å². The van der Waals surface area contributed by atoms with Crippen LogP contribution in [0.1, 0.15) is 36.0 Å². The number of nitro groups is 1. The molecule has 3 N–H and O–H groups in total. The molecule has 0 saturated heterocycles. The molecule has 1 saturated carbocycles. The number of nitrogens with one attached hydrogen (secondary N) is 1. The first-order valence-electron chi connectivity index (χ1n) is 8.39. The van der Waals surface area contributed by atoms with Gasteiger partial charge in [0.05, 0.1) is 22.4 Å². The van der Waals surface area contributed by atoms with E-state index in [0.29, 0.717) is 23.7 Å². The number of rotatable bonds is 5. The summed E-state index contributed by atoms with van der Waals surface area (Å²) in [6.45, 7) is 0.576. The predicted octanol–water partition coefficient (Wildman–Crippen LogP) is 2.03. The highest BCUT2D eigenvalue weighted by Gasteiger charge is 2.26. The maximum absolute atomic E-state index is 12.5. The Balaban J connectivity index is 1.70. The third-order valence-electron chi connectivity index (χ3n) is 4.70. The van der Waals surface area contributed by atoms with Crippen molar-refractivity contribution < 1.29 is 9.72 Å². The standard InChI is InChI=1S/C17H21N5O3/c18-9-12-3-1-2-4-16(12)20-17(23)13-10-19-21(11-13)14-5-7-15(8-6-14)22(24)25/h5-8,10-12,16H,1-4,9,18H2,(H,20,23). The number of carbonyl (C=O) groups excluding carboxylic acids is 1. The van der Waals surface area contributed by atoms with Crippen LogP contribution in [0.3, 0.4) is 0 Å². The van der Waals surface area contributed by atoms with Gasteiger partial charge in [0.15, 0.2) is 0 Å². The van der Waals surface area contributed by atoms with Crippen LogP contribution < -0.4 is 11.1 Å². The van der Waals surface area contributed by atoms with Gasteiger partial charge in [-0.25, -0.2) is 4.68 Å². The highest BCUT2D eigenvalue weighted by molar-refractivity contribution is 5.94. The molecule has 8 nitrogen and oxygen atoms in total. The minimum Gasteiger partial charge on any atom is -0.349 e. The fraction of sp³-hybridized carbons (Fsp3) is 0.412. The molecular formula is C17H21N5O3. The molecule has 0 aliphatic heterocycles. The Kier molecular flexibility index (Phi) is 5.08. The molecule has 0 radical (unpaired) electrons. The minimum absolute atomic E-state index is 0.0130. The normalized spacial score (nSPS) is 20.2. The number of nitrogens with two attached hydrogens (primary N) is 1. The maximum Gasteiger partial charge on any atom is 0.269 e. The zero-order valence-electron chi connectivity index (χ0n) is 13.8. The van der Waals surface area contributed by atoms with Crippen LogP contribution in [0.25, 0.3) is 5.69 Å². The van der Waals surface area contributed by atoms with Gasteiger partial charge in [0.1, 0.15) is 0 Å². The Bertz CT molecular complexity index is 756. The summed E-state index contributed by atoms with van der Waals surface area (Å²) in [6.07, 6.45) is 7.37. The lowest BCUT2D eigenvalue weighted by atomic mass is 9.84. The van der Waals surface area contributed by atoms with Gasteiger partial charge >= 0.3 is 0 Å². The summed E-state index contributed by atoms with van der Waals surface area (Å²) in [4.78, 5) is 22.7. The van der Waals surface area contributed by atoms with Crippen molar-refractivity contribution in [3.8, 4) is 5.69 Å². The van der Waals surface area contributed by atoms with Crippen LogP contribution in [0, 0.1) is 16.0 Å². The molecule has 25 heavy (non-hydrogen) atoms. The quantitative estimate of drug-likeness (QED) is 0.636. The largest absolute Gasteiger partial charge is 0.349 e. The summed E-state index contributed by atoms with van der Waals surface area (Å²) in [6, 6.07) is 6.11. The number of aromatic nitrogens is 2. The number of nitro benzene ring substituents is 1. The number of hydrogen-bond acceptors (Lipinski definition) is 5. The summed E-state index contributed by atoms with van der Waals surface area (Å²) in [5.41, 5.74) is 6.93. The van der Waals surface area contributed by atoms with Crippen molar-refractivity contribution in [1.82, 2.24) is 15.1 Å². The first-order valence-corrected chi connectivity index (χ1v) is 8.39. The number of carbonyl (C=O) groups is 1. The van der Waals surface area contributed by atoms with E-state index >= 15 is 0 Å². The van der Waals surface area contributed by atoms with E-state index in [2.05, 4.69) is 10.4 Å². The summed E-state index contributed by atoms with van der Waals surface area (Å²) in [5, 5.41) is 17.9. The molecule has 132 valence electrons. The van der Waals surface area contributed by atoms with E-state index in [1.54, 1.807) is 18.3 Å². The molecule has 1 fully saturated rings. The molecule has 0 spiro atoms. The minimum atomic E-state index is -0.455. The Hall–Kier alpha value is -2.74. The molecule has 1 heterocycles. The van der Waals surface area contributed by atoms with E-state index in [0.717, 1.165) is 25.7 Å². The molecule has 2 aromatic rings. The second-order valence-electron chi connectivity index (χ2n) is 6.31. The van der Waals surface area contributed by atoms with E-state index in [9.17, 15) is 14.9 Å². The lowest BCUT2D eigenvalue weighted by Crippen LogP contribution is -2.44. The molecule has 1 aromatic carbocycles. The van der Waals surface area contributed by atoms with Crippen molar-refractivity contribution in [1.29, 1.82) is 0 Å². The van der Waals surface area contributed by atoms with E-state index in [-0.39, 0.29) is 17.6 Å². The molecule has 2 atom stereocenters. The van der Waals surface area contributed by atoms with Gasteiger partial charge in [0.2, 0.25) is 0 Å². The van der Waals surface area contributed by atoms with Crippen LogP contribution in [0.15, 0.2) is 36.7 Å². The molecule has 1 aliphatic carbocycles. The number of hydrogen-bond donors (Lipinski definition) is 2. The van der Waals surface area contributed by atoms with Crippen molar-refractivity contribution in [2.45, 2.75) is 31.7 Å². The monoisotopic (exact) mass is 343 g/mol. The number of amides is 1. The van der Waals surface area contributed by atoms with Gasteiger partial charge in [-0.1, -0.05) is 12.8 Å². The lowest BCUT2D eigenvalue weighted by molar-refractivity contribution is -0.384. The first kappa shape index (κ1) is 17.1. The van der Waals surface area contributed by atoms with Gasteiger partial charge in [-0.15, -0.1) is 0 Å². The van der Waals surface area contributed by atoms with Crippen LogP contribution in [0.2, 0.25) is 0 Å². The van der Waals surface area contributed by atoms with E-state index < -0.39 is 4.92 Å². The van der Waals surface area contributed by atoms with Gasteiger partial charge in [-0.3, -0.25) is 14.9 Å². The topological polar surface area (TPSA) is 116 Å². The zero-order valence-corrected chi connectivity index (χ0v) is 13.8. The van der Waals surface area contributed by atoms with E-state index in [4.69, 9.17) is 5.73 Å². The van der Waals surface area contributed by atoms with Crippen molar-refractivity contribution in [3.05, 3.63) is 52.3 Å². The number of benzene rings is 1. The summed E-state index contributed by atoms with van der Waals surface area (Å²) < 4.78 is 1.53. The zero-order chi connectivity index (χ0) is 17.8. The molecule has 1 aromatic heterocycles. The van der Waals surface area contributed by atoms with Crippen LogP contribution in [-0.4, -0.2) is 33.2 Å². The van der Waals surface area contributed by atoms with Crippen LogP contribution in [0.4, 0.5) is 5.69 Å². The molecule has 2 unspecified atom stereocenters. The van der Waals surface area contributed by atoms with Gasteiger partial charge in [0.25, 0.3) is 11.6 Å². The fourth-order valence-corrected chi connectivity index (χ4v) is 3.24. The molecule has 1 amide bonds. The summed E-state index contributed by atoms with van der Waals surface area (Å²) >= 11 is 0. The molecule has 3 rings (SSSR count). The maximum atomic E-state index is 12.5. The molecule has 0 bridgehead atoms. The number of nitrogens with zero attached hydrogens (tertiary/aromatic N) is 3. The fourth-order valence-electron chi connectivity index (χ4n) is 3.24. The first-order chi connectivity index (χ1) is 12.1. The van der Waals surface area contributed by atoms with E-state index in [1.165, 1.54) is 23.0 Å². The average Bonchev–Trinajstić information content (AvgIpc) is 3.12. The van der Waals surface area contributed by atoms with Gasteiger partial charge in [-0.2, -0.15) is 5.10 Å².